The number of aromatic amines is 1. The summed E-state index contributed by atoms with van der Waals surface area (Å²) < 4.78 is 0. The molecule has 1 heterocycles. The second-order valence-corrected chi connectivity index (χ2v) is 6.00. The van der Waals surface area contributed by atoms with Crippen LogP contribution in [0.5, 0.6) is 0 Å². The Balaban J connectivity index is 1.58. The number of imidazole rings is 1. The van der Waals surface area contributed by atoms with Gasteiger partial charge in [-0.15, -0.1) is 0 Å². The van der Waals surface area contributed by atoms with Gasteiger partial charge in [0.2, 0.25) is 0 Å². The van der Waals surface area contributed by atoms with Crippen molar-refractivity contribution in [3.8, 4) is 0 Å². The fourth-order valence-corrected chi connectivity index (χ4v) is 2.72. The first-order valence-corrected chi connectivity index (χ1v) is 8.76. The van der Waals surface area contributed by atoms with E-state index in [1.54, 1.807) is 0 Å². The maximum Gasteiger partial charge on any atom is 0.191 e. The van der Waals surface area contributed by atoms with E-state index >= 15 is 0 Å². The minimum Gasteiger partial charge on any atom is -0.357 e. The van der Waals surface area contributed by atoms with E-state index in [2.05, 4.69) is 63.7 Å². The van der Waals surface area contributed by atoms with Gasteiger partial charge in [-0.05, 0) is 37.1 Å². The van der Waals surface area contributed by atoms with Crippen molar-refractivity contribution < 1.29 is 0 Å². The van der Waals surface area contributed by atoms with Gasteiger partial charge in [-0.25, -0.2) is 9.98 Å². The molecule has 0 radical (unpaired) electrons. The lowest BCUT2D eigenvalue weighted by atomic mass is 10.1. The topological polar surface area (TPSA) is 65.1 Å². The fraction of sp³-hybridized carbons (Fsp3) is 0.300. The zero-order valence-electron chi connectivity index (χ0n) is 14.8. The summed E-state index contributed by atoms with van der Waals surface area (Å²) >= 11 is 0. The predicted molar refractivity (Wildman–Crippen MR) is 104 cm³/mol. The first kappa shape index (κ1) is 17.0. The lowest BCUT2D eigenvalue weighted by Crippen LogP contribution is -2.38. The molecule has 0 saturated carbocycles. The molecule has 0 aliphatic heterocycles. The maximum atomic E-state index is 4.68. The zero-order valence-corrected chi connectivity index (χ0v) is 14.8. The van der Waals surface area contributed by atoms with E-state index in [-0.39, 0.29) is 0 Å². The molecule has 0 unspecified atom stereocenters. The standard InChI is InChI=1S/C20H25N5/c1-3-21-20(23-14-16-9-5-4-8-15(16)2)22-13-12-19-24-17-10-6-7-11-18(17)25-19/h4-11H,3,12-14H2,1-2H3,(H,24,25)(H2,21,22,23). The van der Waals surface area contributed by atoms with Crippen molar-refractivity contribution in [1.82, 2.24) is 20.6 Å². The lowest BCUT2D eigenvalue weighted by molar-refractivity contribution is 0.780. The second kappa shape index (κ2) is 8.33. The number of hydrogen-bond acceptors (Lipinski definition) is 2. The van der Waals surface area contributed by atoms with Gasteiger partial charge >= 0.3 is 0 Å². The van der Waals surface area contributed by atoms with Crippen LogP contribution in [0.1, 0.15) is 23.9 Å². The highest BCUT2D eigenvalue weighted by Gasteiger charge is 2.03. The summed E-state index contributed by atoms with van der Waals surface area (Å²) in [6, 6.07) is 16.4. The van der Waals surface area contributed by atoms with E-state index in [1.165, 1.54) is 11.1 Å². The van der Waals surface area contributed by atoms with Gasteiger partial charge < -0.3 is 15.6 Å². The van der Waals surface area contributed by atoms with E-state index in [4.69, 9.17) is 0 Å². The highest BCUT2D eigenvalue weighted by molar-refractivity contribution is 5.79. The van der Waals surface area contributed by atoms with Crippen molar-refractivity contribution in [2.24, 2.45) is 4.99 Å². The molecule has 0 aliphatic carbocycles. The summed E-state index contributed by atoms with van der Waals surface area (Å²) in [5.41, 5.74) is 4.61. The van der Waals surface area contributed by atoms with Crippen LogP contribution >= 0.6 is 0 Å². The molecule has 0 bridgehead atoms. The Morgan fingerprint density at radius 1 is 1.08 bits per heavy atom. The molecular formula is C20H25N5. The molecule has 0 aliphatic rings. The number of rotatable bonds is 6. The van der Waals surface area contributed by atoms with Crippen molar-refractivity contribution in [2.45, 2.75) is 26.8 Å². The number of fused-ring (bicyclic) bond motifs is 1. The quantitative estimate of drug-likeness (QED) is 0.479. The van der Waals surface area contributed by atoms with E-state index in [9.17, 15) is 0 Å². The molecule has 3 N–H and O–H groups in total. The molecule has 1 aromatic heterocycles. The van der Waals surface area contributed by atoms with Crippen LogP contribution < -0.4 is 10.6 Å². The van der Waals surface area contributed by atoms with E-state index < -0.39 is 0 Å². The number of guanidine groups is 1. The van der Waals surface area contributed by atoms with Crippen molar-refractivity contribution in [3.05, 3.63) is 65.5 Å². The third-order valence-electron chi connectivity index (χ3n) is 4.11. The minimum absolute atomic E-state index is 0.673. The molecule has 0 saturated heterocycles. The third kappa shape index (κ3) is 4.59. The molecule has 0 amide bonds. The van der Waals surface area contributed by atoms with Gasteiger partial charge in [0, 0.05) is 19.5 Å². The highest BCUT2D eigenvalue weighted by atomic mass is 15.2. The van der Waals surface area contributed by atoms with E-state index in [0.29, 0.717) is 6.54 Å². The summed E-state index contributed by atoms with van der Waals surface area (Å²) in [6.45, 7) is 6.48. The van der Waals surface area contributed by atoms with Crippen LogP contribution in [0.4, 0.5) is 0 Å². The molecule has 2 aromatic carbocycles. The van der Waals surface area contributed by atoms with Crippen LogP contribution in [0.15, 0.2) is 53.5 Å². The van der Waals surface area contributed by atoms with Crippen molar-refractivity contribution in [1.29, 1.82) is 0 Å². The molecule has 0 fully saturated rings. The number of benzene rings is 2. The Morgan fingerprint density at radius 2 is 1.88 bits per heavy atom. The Labute approximate surface area is 148 Å². The van der Waals surface area contributed by atoms with Crippen LogP contribution in [-0.2, 0) is 13.0 Å². The Bertz CT molecular complexity index is 817. The largest absolute Gasteiger partial charge is 0.357 e. The van der Waals surface area contributed by atoms with E-state index in [0.717, 1.165) is 42.3 Å². The molecule has 5 nitrogen and oxygen atoms in total. The van der Waals surface area contributed by atoms with Crippen LogP contribution in [0, 0.1) is 6.92 Å². The number of nitrogens with zero attached hydrogens (tertiary/aromatic N) is 2. The summed E-state index contributed by atoms with van der Waals surface area (Å²) in [4.78, 5) is 12.6. The molecule has 3 rings (SSSR count). The maximum absolute atomic E-state index is 4.68. The van der Waals surface area contributed by atoms with Crippen LogP contribution in [-0.4, -0.2) is 29.0 Å². The number of aryl methyl sites for hydroxylation is 1. The SMILES string of the molecule is CCNC(=NCc1ccccc1C)NCCc1nc2ccccc2[nH]1. The van der Waals surface area contributed by atoms with Crippen LogP contribution in [0.25, 0.3) is 11.0 Å². The Kier molecular flexibility index (Phi) is 5.67. The summed E-state index contributed by atoms with van der Waals surface area (Å²) in [6.07, 6.45) is 0.823. The average Bonchev–Trinajstić information content (AvgIpc) is 3.03. The van der Waals surface area contributed by atoms with Gasteiger partial charge in [-0.2, -0.15) is 0 Å². The van der Waals surface area contributed by atoms with Gasteiger partial charge in [-0.3, -0.25) is 0 Å². The van der Waals surface area contributed by atoms with Gasteiger partial charge in [-0.1, -0.05) is 36.4 Å². The molecule has 25 heavy (non-hydrogen) atoms. The van der Waals surface area contributed by atoms with Crippen LogP contribution in [0.2, 0.25) is 0 Å². The molecule has 3 aromatic rings. The summed E-state index contributed by atoms with van der Waals surface area (Å²) in [5.74, 6) is 1.82. The minimum atomic E-state index is 0.673. The molecule has 0 atom stereocenters. The molecule has 130 valence electrons. The number of para-hydroxylation sites is 2. The van der Waals surface area contributed by atoms with Gasteiger partial charge in [0.15, 0.2) is 5.96 Å². The summed E-state index contributed by atoms with van der Waals surface area (Å²) in [5, 5.41) is 6.68. The summed E-state index contributed by atoms with van der Waals surface area (Å²) in [7, 11) is 0. The number of aliphatic imine (C=N–C) groups is 1. The number of aromatic nitrogens is 2. The fourth-order valence-electron chi connectivity index (χ4n) is 2.72. The Hall–Kier alpha value is -2.82. The van der Waals surface area contributed by atoms with Gasteiger partial charge in [0.1, 0.15) is 5.82 Å². The van der Waals surface area contributed by atoms with Gasteiger partial charge in [0.05, 0.1) is 17.6 Å². The number of H-pyrrole nitrogens is 1. The van der Waals surface area contributed by atoms with Crippen LogP contribution in [0.3, 0.4) is 0 Å². The average molecular weight is 335 g/mol. The number of hydrogen-bond donors (Lipinski definition) is 3. The van der Waals surface area contributed by atoms with Crippen molar-refractivity contribution in [3.63, 3.8) is 0 Å². The second-order valence-electron chi connectivity index (χ2n) is 6.00. The normalized spacial score (nSPS) is 11.7. The van der Waals surface area contributed by atoms with E-state index in [1.807, 2.05) is 24.3 Å². The third-order valence-corrected chi connectivity index (χ3v) is 4.11. The Morgan fingerprint density at radius 3 is 2.68 bits per heavy atom. The van der Waals surface area contributed by atoms with Crippen molar-refractivity contribution >= 4 is 17.0 Å². The zero-order chi connectivity index (χ0) is 17.5. The number of nitrogens with one attached hydrogen (secondary N) is 3. The molecular weight excluding hydrogens is 310 g/mol. The molecule has 0 spiro atoms. The van der Waals surface area contributed by atoms with Crippen molar-refractivity contribution in [2.75, 3.05) is 13.1 Å². The first-order valence-electron chi connectivity index (χ1n) is 8.76. The first-order chi connectivity index (χ1) is 12.3. The lowest BCUT2D eigenvalue weighted by Gasteiger charge is -2.11. The molecule has 5 heteroatoms. The smallest absolute Gasteiger partial charge is 0.191 e. The van der Waals surface area contributed by atoms with Gasteiger partial charge in [0.25, 0.3) is 0 Å². The predicted octanol–water partition coefficient (Wildman–Crippen LogP) is 3.17. The highest BCUT2D eigenvalue weighted by Crippen LogP contribution is 2.10. The monoisotopic (exact) mass is 335 g/mol.